The standard InChI is InChI=1S/C13H14N4O2/c18-12(19)13(8-4-5-9-13)17-15-11(14-16-17)10-6-2-1-3-7-10/h1-3,6-7H,4-5,8-9H2,(H,18,19). The molecule has 98 valence electrons. The van der Waals surface area contributed by atoms with Crippen LogP contribution < -0.4 is 0 Å². The molecule has 0 unspecified atom stereocenters. The summed E-state index contributed by atoms with van der Waals surface area (Å²) < 4.78 is 0. The van der Waals surface area contributed by atoms with Crippen LogP contribution in [0, 0.1) is 0 Å². The normalized spacial score (nSPS) is 17.5. The number of nitrogens with zero attached hydrogens (tertiary/aromatic N) is 4. The molecule has 19 heavy (non-hydrogen) atoms. The van der Waals surface area contributed by atoms with Gasteiger partial charge < -0.3 is 5.11 Å². The quantitative estimate of drug-likeness (QED) is 0.906. The Kier molecular flexibility index (Phi) is 2.77. The second-order valence-corrected chi connectivity index (χ2v) is 4.81. The van der Waals surface area contributed by atoms with E-state index in [1.54, 1.807) is 0 Å². The van der Waals surface area contributed by atoms with Crippen LogP contribution in [-0.2, 0) is 10.3 Å². The van der Waals surface area contributed by atoms with Crippen molar-refractivity contribution in [3.8, 4) is 11.4 Å². The molecule has 0 spiro atoms. The molecular formula is C13H14N4O2. The number of tetrazole rings is 1. The Morgan fingerprint density at radius 2 is 1.89 bits per heavy atom. The number of hydrogen-bond acceptors (Lipinski definition) is 4. The van der Waals surface area contributed by atoms with Gasteiger partial charge in [0.2, 0.25) is 5.82 Å². The Balaban J connectivity index is 1.99. The van der Waals surface area contributed by atoms with Gasteiger partial charge in [-0.3, -0.25) is 0 Å². The van der Waals surface area contributed by atoms with Crippen molar-refractivity contribution in [2.75, 3.05) is 0 Å². The SMILES string of the molecule is O=C(O)C1(n2nnc(-c3ccccc3)n2)CCCC1. The van der Waals surface area contributed by atoms with E-state index in [1.165, 1.54) is 4.80 Å². The molecular weight excluding hydrogens is 244 g/mol. The van der Waals surface area contributed by atoms with Crippen molar-refractivity contribution in [1.82, 2.24) is 20.2 Å². The van der Waals surface area contributed by atoms with E-state index in [-0.39, 0.29) is 0 Å². The fraction of sp³-hybridized carbons (Fsp3) is 0.385. The first-order valence-electron chi connectivity index (χ1n) is 6.32. The summed E-state index contributed by atoms with van der Waals surface area (Å²) in [7, 11) is 0. The zero-order valence-electron chi connectivity index (χ0n) is 10.4. The van der Waals surface area contributed by atoms with Gasteiger partial charge in [0, 0.05) is 5.56 Å². The minimum absolute atomic E-state index is 0.466. The van der Waals surface area contributed by atoms with Crippen molar-refractivity contribution in [3.05, 3.63) is 30.3 Å². The first-order chi connectivity index (χ1) is 9.22. The van der Waals surface area contributed by atoms with Crippen LogP contribution in [-0.4, -0.2) is 31.3 Å². The summed E-state index contributed by atoms with van der Waals surface area (Å²) in [4.78, 5) is 12.8. The molecule has 1 saturated carbocycles. The summed E-state index contributed by atoms with van der Waals surface area (Å²) in [5.74, 6) is -0.407. The third-order valence-electron chi connectivity index (χ3n) is 3.66. The number of carboxylic acid groups (broad SMARTS) is 1. The molecule has 1 aliphatic carbocycles. The number of rotatable bonds is 3. The number of carboxylic acids is 1. The zero-order chi connectivity index (χ0) is 13.3. The van der Waals surface area contributed by atoms with E-state index in [1.807, 2.05) is 30.3 Å². The molecule has 2 aromatic rings. The van der Waals surface area contributed by atoms with E-state index in [2.05, 4.69) is 15.4 Å². The fourth-order valence-corrected chi connectivity index (χ4v) is 2.56. The second kappa shape index (κ2) is 4.46. The molecule has 6 heteroatoms. The molecule has 0 atom stereocenters. The van der Waals surface area contributed by atoms with Gasteiger partial charge in [0.05, 0.1) is 0 Å². The lowest BCUT2D eigenvalue weighted by molar-refractivity contribution is -0.148. The maximum Gasteiger partial charge on any atom is 0.333 e. The molecule has 1 heterocycles. The van der Waals surface area contributed by atoms with Gasteiger partial charge in [0.15, 0.2) is 5.54 Å². The van der Waals surface area contributed by atoms with Crippen molar-refractivity contribution in [3.63, 3.8) is 0 Å². The van der Waals surface area contributed by atoms with Crippen molar-refractivity contribution in [1.29, 1.82) is 0 Å². The van der Waals surface area contributed by atoms with E-state index in [4.69, 9.17) is 0 Å². The average Bonchev–Trinajstić information content (AvgIpc) is 3.09. The highest BCUT2D eigenvalue weighted by atomic mass is 16.4. The van der Waals surface area contributed by atoms with E-state index in [9.17, 15) is 9.90 Å². The highest BCUT2D eigenvalue weighted by Crippen LogP contribution is 2.36. The van der Waals surface area contributed by atoms with Gasteiger partial charge >= 0.3 is 5.97 Å². The predicted molar refractivity (Wildman–Crippen MR) is 67.3 cm³/mol. The second-order valence-electron chi connectivity index (χ2n) is 4.81. The molecule has 6 nitrogen and oxygen atoms in total. The van der Waals surface area contributed by atoms with E-state index >= 15 is 0 Å². The summed E-state index contributed by atoms with van der Waals surface area (Å²) in [6, 6.07) is 9.44. The van der Waals surface area contributed by atoms with Crippen molar-refractivity contribution < 1.29 is 9.90 Å². The first kappa shape index (κ1) is 11.8. The monoisotopic (exact) mass is 258 g/mol. The van der Waals surface area contributed by atoms with Crippen molar-refractivity contribution in [2.24, 2.45) is 0 Å². The van der Waals surface area contributed by atoms with Gasteiger partial charge in [0.25, 0.3) is 0 Å². The number of aliphatic carboxylic acids is 1. The van der Waals surface area contributed by atoms with Gasteiger partial charge in [-0.1, -0.05) is 43.2 Å². The molecule has 0 radical (unpaired) electrons. The predicted octanol–water partition coefficient (Wildman–Crippen LogP) is 1.69. The van der Waals surface area contributed by atoms with Gasteiger partial charge in [-0.15, -0.1) is 15.0 Å². The zero-order valence-corrected chi connectivity index (χ0v) is 10.4. The fourth-order valence-electron chi connectivity index (χ4n) is 2.56. The van der Waals surface area contributed by atoms with Crippen LogP contribution >= 0.6 is 0 Å². The van der Waals surface area contributed by atoms with Gasteiger partial charge in [0.1, 0.15) is 0 Å². The smallest absolute Gasteiger partial charge is 0.333 e. The molecule has 0 aliphatic heterocycles. The highest BCUT2D eigenvalue weighted by Gasteiger charge is 2.45. The topological polar surface area (TPSA) is 80.9 Å². The Hall–Kier alpha value is -2.24. The lowest BCUT2D eigenvalue weighted by atomic mass is 9.99. The summed E-state index contributed by atoms with van der Waals surface area (Å²) in [5.41, 5.74) is -0.174. The molecule has 1 N–H and O–H groups in total. The minimum Gasteiger partial charge on any atom is -0.479 e. The molecule has 0 bridgehead atoms. The summed E-state index contributed by atoms with van der Waals surface area (Å²) in [6.07, 6.45) is 2.89. The number of hydrogen-bond donors (Lipinski definition) is 1. The molecule has 0 amide bonds. The first-order valence-corrected chi connectivity index (χ1v) is 6.32. The summed E-state index contributed by atoms with van der Waals surface area (Å²) in [5, 5.41) is 21.7. The van der Waals surface area contributed by atoms with E-state index < -0.39 is 11.5 Å². The van der Waals surface area contributed by atoms with Crippen LogP contribution in [0.5, 0.6) is 0 Å². The minimum atomic E-state index is -1.01. The number of carbonyl (C=O) groups is 1. The molecule has 3 rings (SSSR count). The number of aromatic nitrogens is 4. The van der Waals surface area contributed by atoms with Crippen LogP contribution in [0.25, 0.3) is 11.4 Å². The average molecular weight is 258 g/mol. The lowest BCUT2D eigenvalue weighted by Crippen LogP contribution is -2.41. The Morgan fingerprint density at radius 3 is 2.53 bits per heavy atom. The van der Waals surface area contributed by atoms with Crippen LogP contribution in [0.3, 0.4) is 0 Å². The van der Waals surface area contributed by atoms with Gasteiger partial charge in [-0.25, -0.2) is 4.79 Å². The third-order valence-corrected chi connectivity index (χ3v) is 3.66. The Morgan fingerprint density at radius 1 is 1.21 bits per heavy atom. The molecule has 0 saturated heterocycles. The summed E-state index contributed by atoms with van der Waals surface area (Å²) in [6.45, 7) is 0. The maximum atomic E-state index is 11.5. The van der Waals surface area contributed by atoms with Crippen LogP contribution in [0.2, 0.25) is 0 Å². The van der Waals surface area contributed by atoms with Crippen LogP contribution in [0.1, 0.15) is 25.7 Å². The third kappa shape index (κ3) is 1.89. The molecule has 1 aliphatic rings. The lowest BCUT2D eigenvalue weighted by Gasteiger charge is -2.21. The maximum absolute atomic E-state index is 11.5. The van der Waals surface area contributed by atoms with Crippen LogP contribution in [0.15, 0.2) is 30.3 Å². The summed E-state index contributed by atoms with van der Waals surface area (Å²) >= 11 is 0. The van der Waals surface area contributed by atoms with Gasteiger partial charge in [-0.2, -0.15) is 0 Å². The Labute approximate surface area is 110 Å². The van der Waals surface area contributed by atoms with E-state index in [0.29, 0.717) is 18.7 Å². The molecule has 1 fully saturated rings. The van der Waals surface area contributed by atoms with Gasteiger partial charge in [-0.05, 0) is 18.1 Å². The van der Waals surface area contributed by atoms with E-state index in [0.717, 1.165) is 18.4 Å². The largest absolute Gasteiger partial charge is 0.479 e. The van der Waals surface area contributed by atoms with Crippen LogP contribution in [0.4, 0.5) is 0 Å². The van der Waals surface area contributed by atoms with Crippen molar-refractivity contribution >= 4 is 5.97 Å². The highest BCUT2D eigenvalue weighted by molar-refractivity contribution is 5.76. The van der Waals surface area contributed by atoms with Crippen molar-refractivity contribution in [2.45, 2.75) is 31.2 Å². The molecule has 1 aromatic heterocycles. The molecule has 1 aromatic carbocycles. The number of benzene rings is 1. The Bertz CT molecular complexity index is 588.